The van der Waals surface area contributed by atoms with Crippen molar-refractivity contribution in [2.24, 2.45) is 0 Å². The fraction of sp³-hybridized carbons (Fsp3) is 0.600. The third kappa shape index (κ3) is 3.48. The zero-order valence-electron chi connectivity index (χ0n) is 13.0. The Bertz CT molecular complexity index is 584. The number of likely N-dealkylation sites (tertiary alicyclic amines) is 1. The first kappa shape index (κ1) is 15.5. The molecule has 7 heteroatoms. The van der Waals surface area contributed by atoms with Crippen molar-refractivity contribution >= 4 is 17.3 Å². The van der Waals surface area contributed by atoms with E-state index in [1.54, 1.807) is 11.3 Å². The molecule has 0 bridgehead atoms. The van der Waals surface area contributed by atoms with Crippen molar-refractivity contribution in [2.75, 3.05) is 25.5 Å². The second-order valence-electron chi connectivity index (χ2n) is 5.92. The van der Waals surface area contributed by atoms with Crippen molar-refractivity contribution in [3.8, 4) is 0 Å². The van der Waals surface area contributed by atoms with Crippen molar-refractivity contribution in [2.45, 2.75) is 38.0 Å². The third-order valence-corrected chi connectivity index (χ3v) is 5.04. The molecule has 1 saturated heterocycles. The maximum atomic E-state index is 10.4. The smallest absolute Gasteiger partial charge is 0.265 e. The van der Waals surface area contributed by atoms with Gasteiger partial charge in [0, 0.05) is 25.0 Å². The van der Waals surface area contributed by atoms with Crippen LogP contribution in [0, 0.1) is 0 Å². The van der Waals surface area contributed by atoms with Gasteiger partial charge in [0.05, 0.1) is 12.6 Å². The van der Waals surface area contributed by atoms with E-state index < -0.39 is 0 Å². The maximum Gasteiger partial charge on any atom is 0.265 e. The molecule has 120 valence electrons. The first-order valence-electron chi connectivity index (χ1n) is 7.59. The van der Waals surface area contributed by atoms with E-state index in [4.69, 9.17) is 4.52 Å². The lowest BCUT2D eigenvalue weighted by Gasteiger charge is -2.24. The normalized spacial score (nSPS) is 20.4. The Hall–Kier alpha value is -1.44. The summed E-state index contributed by atoms with van der Waals surface area (Å²) >= 11 is 1.61. The highest BCUT2D eigenvalue weighted by Crippen LogP contribution is 2.30. The van der Waals surface area contributed by atoms with E-state index >= 15 is 0 Å². The molecule has 2 aromatic rings. The van der Waals surface area contributed by atoms with Crippen LogP contribution in [-0.4, -0.2) is 46.8 Å². The van der Waals surface area contributed by atoms with Crippen molar-refractivity contribution < 1.29 is 9.63 Å². The number of aliphatic hydroxyl groups excluding tert-OH is 1. The van der Waals surface area contributed by atoms with E-state index in [0.29, 0.717) is 24.4 Å². The van der Waals surface area contributed by atoms with Crippen LogP contribution < -0.4 is 4.90 Å². The SMILES string of the molecule is CN(C)c1noc(CN2CCC[C@@H]2C[C@@H](O)c2cccs2)n1. The van der Waals surface area contributed by atoms with Gasteiger partial charge in [-0.05, 0) is 42.4 Å². The molecule has 2 atom stereocenters. The van der Waals surface area contributed by atoms with Gasteiger partial charge in [-0.1, -0.05) is 6.07 Å². The predicted octanol–water partition coefficient (Wildman–Crippen LogP) is 2.29. The first-order chi connectivity index (χ1) is 10.6. The molecule has 3 heterocycles. The molecule has 0 radical (unpaired) electrons. The largest absolute Gasteiger partial charge is 0.388 e. The quantitative estimate of drug-likeness (QED) is 0.880. The van der Waals surface area contributed by atoms with E-state index in [-0.39, 0.29) is 6.10 Å². The highest BCUT2D eigenvalue weighted by Gasteiger charge is 2.28. The number of hydrogen-bond acceptors (Lipinski definition) is 7. The Kier molecular flexibility index (Phi) is 4.75. The van der Waals surface area contributed by atoms with Crippen molar-refractivity contribution in [3.05, 3.63) is 28.3 Å². The fourth-order valence-corrected chi connectivity index (χ4v) is 3.62. The van der Waals surface area contributed by atoms with Gasteiger partial charge in [0.2, 0.25) is 5.89 Å². The molecule has 0 amide bonds. The summed E-state index contributed by atoms with van der Waals surface area (Å²) in [5.74, 6) is 1.24. The van der Waals surface area contributed by atoms with Gasteiger partial charge in [-0.2, -0.15) is 4.98 Å². The van der Waals surface area contributed by atoms with E-state index in [0.717, 1.165) is 30.7 Å². The van der Waals surface area contributed by atoms with E-state index in [1.807, 2.05) is 36.5 Å². The fourth-order valence-electron chi connectivity index (χ4n) is 2.89. The number of thiophene rings is 1. The molecule has 6 nitrogen and oxygen atoms in total. The maximum absolute atomic E-state index is 10.4. The first-order valence-corrected chi connectivity index (χ1v) is 8.47. The number of hydrogen-bond donors (Lipinski definition) is 1. The molecule has 0 saturated carbocycles. The molecule has 1 N–H and O–H groups in total. The number of aliphatic hydroxyl groups is 1. The second-order valence-corrected chi connectivity index (χ2v) is 6.90. The lowest BCUT2D eigenvalue weighted by atomic mass is 10.1. The molecular formula is C15H22N4O2S. The Morgan fingerprint density at radius 2 is 2.41 bits per heavy atom. The Morgan fingerprint density at radius 1 is 1.55 bits per heavy atom. The van der Waals surface area contributed by atoms with Crippen molar-refractivity contribution in [1.29, 1.82) is 0 Å². The van der Waals surface area contributed by atoms with Gasteiger partial charge in [0.1, 0.15) is 0 Å². The minimum atomic E-state index is -0.384. The highest BCUT2D eigenvalue weighted by atomic mass is 32.1. The van der Waals surface area contributed by atoms with Crippen molar-refractivity contribution in [3.63, 3.8) is 0 Å². The zero-order chi connectivity index (χ0) is 15.5. The Morgan fingerprint density at radius 3 is 3.09 bits per heavy atom. The molecule has 3 rings (SSSR count). The Balaban J connectivity index is 1.60. The van der Waals surface area contributed by atoms with Crippen LogP contribution in [-0.2, 0) is 6.54 Å². The van der Waals surface area contributed by atoms with E-state index in [1.165, 1.54) is 0 Å². The molecule has 1 fully saturated rings. The predicted molar refractivity (Wildman–Crippen MR) is 86.0 cm³/mol. The molecule has 1 aliphatic heterocycles. The molecule has 0 aliphatic carbocycles. The van der Waals surface area contributed by atoms with Gasteiger partial charge < -0.3 is 14.5 Å². The molecule has 0 unspecified atom stereocenters. The lowest BCUT2D eigenvalue weighted by Crippen LogP contribution is -2.30. The number of nitrogens with zero attached hydrogens (tertiary/aromatic N) is 4. The summed E-state index contributed by atoms with van der Waals surface area (Å²) in [6, 6.07) is 4.35. The second kappa shape index (κ2) is 6.76. The van der Waals surface area contributed by atoms with Gasteiger partial charge >= 0.3 is 0 Å². The van der Waals surface area contributed by atoms with Crippen LogP contribution in [0.4, 0.5) is 5.95 Å². The van der Waals surface area contributed by atoms with E-state index in [2.05, 4.69) is 15.0 Å². The van der Waals surface area contributed by atoms with Gasteiger partial charge in [0.15, 0.2) is 0 Å². The van der Waals surface area contributed by atoms with Crippen molar-refractivity contribution in [1.82, 2.24) is 15.0 Å². The summed E-state index contributed by atoms with van der Waals surface area (Å²) in [5.41, 5.74) is 0. The minimum Gasteiger partial charge on any atom is -0.388 e. The highest BCUT2D eigenvalue weighted by molar-refractivity contribution is 7.10. The van der Waals surface area contributed by atoms with Gasteiger partial charge in [0.25, 0.3) is 5.95 Å². The van der Waals surface area contributed by atoms with E-state index in [9.17, 15) is 5.11 Å². The monoisotopic (exact) mass is 322 g/mol. The molecule has 0 aromatic carbocycles. The third-order valence-electron chi connectivity index (χ3n) is 4.06. The minimum absolute atomic E-state index is 0.367. The van der Waals surface area contributed by atoms with Crippen LogP contribution in [0.1, 0.15) is 36.1 Å². The average molecular weight is 322 g/mol. The summed E-state index contributed by atoms with van der Waals surface area (Å²) in [6.07, 6.45) is 2.63. The van der Waals surface area contributed by atoms with Crippen LogP contribution in [0.15, 0.2) is 22.0 Å². The summed E-state index contributed by atoms with van der Waals surface area (Å²) in [6.45, 7) is 1.67. The van der Waals surface area contributed by atoms with Crippen LogP contribution in [0.25, 0.3) is 0 Å². The summed E-state index contributed by atoms with van der Waals surface area (Å²) in [4.78, 5) is 9.59. The topological polar surface area (TPSA) is 65.6 Å². The Labute approximate surface area is 134 Å². The molecule has 1 aliphatic rings. The summed E-state index contributed by atoms with van der Waals surface area (Å²) < 4.78 is 5.31. The van der Waals surface area contributed by atoms with Gasteiger partial charge in [-0.15, -0.1) is 11.3 Å². The number of aromatic nitrogens is 2. The molecule has 0 spiro atoms. The van der Waals surface area contributed by atoms with Crippen LogP contribution in [0.3, 0.4) is 0 Å². The molecular weight excluding hydrogens is 300 g/mol. The zero-order valence-corrected chi connectivity index (χ0v) is 13.8. The van der Waals surface area contributed by atoms with Crippen LogP contribution >= 0.6 is 11.3 Å². The van der Waals surface area contributed by atoms with Gasteiger partial charge in [-0.25, -0.2) is 0 Å². The van der Waals surface area contributed by atoms with Crippen LogP contribution in [0.5, 0.6) is 0 Å². The average Bonchev–Trinajstić information content (AvgIpc) is 3.20. The number of rotatable bonds is 6. The standard InChI is InChI=1S/C15H22N4O2S/c1-18(2)15-16-14(21-17-15)10-19-7-3-5-11(19)9-12(20)13-6-4-8-22-13/h4,6,8,11-12,20H,3,5,7,9-10H2,1-2H3/t11-,12-/m1/s1. The number of anilines is 1. The lowest BCUT2D eigenvalue weighted by molar-refractivity contribution is 0.115. The van der Waals surface area contributed by atoms with Crippen LogP contribution in [0.2, 0.25) is 0 Å². The summed E-state index contributed by atoms with van der Waals surface area (Å²) in [7, 11) is 3.79. The molecule has 2 aromatic heterocycles. The van der Waals surface area contributed by atoms with Gasteiger partial charge in [-0.3, -0.25) is 4.90 Å². The molecule has 22 heavy (non-hydrogen) atoms. The summed E-state index contributed by atoms with van der Waals surface area (Å²) in [5, 5.41) is 16.3.